The summed E-state index contributed by atoms with van der Waals surface area (Å²) in [7, 11) is 0. The minimum Gasteiger partial charge on any atom is -0.481 e. The number of rotatable bonds is 11. The van der Waals surface area contributed by atoms with Crippen molar-refractivity contribution < 1.29 is 37.8 Å². The predicted octanol–water partition coefficient (Wildman–Crippen LogP) is 5.76. The smallest absolute Gasteiger partial charge is 0.330 e. The molecule has 0 spiro atoms. The normalized spacial score (nSPS) is 13.8. The number of anilines is 1. The Hall–Kier alpha value is -1.32. The fraction of sp³-hybridized carbons (Fsp3) is 0.625. The number of carbonyl (C=O) groups excluding carboxylic acids is 1. The molecule has 0 aliphatic carbocycles. The summed E-state index contributed by atoms with van der Waals surface area (Å²) < 4.78 is 46.9. The number of aliphatic carboxylic acids is 2. The second-order valence-electron chi connectivity index (χ2n) is 10.4. The first-order valence-corrected chi connectivity index (χ1v) is 14.3. The molecule has 204 valence electrons. The van der Waals surface area contributed by atoms with Crippen LogP contribution in [0.25, 0.3) is 0 Å². The maximum absolute atomic E-state index is 15.4. The van der Waals surface area contributed by atoms with Crippen LogP contribution in [0.5, 0.6) is 0 Å². The highest BCUT2D eigenvalue weighted by Crippen LogP contribution is 2.45. The monoisotopic (exact) mass is 740 g/mol. The standard InChI is InChI=1S/C24H33F3I2N2O5/c1-22(2,3)24(21(35)36,8-7-16(32)33)31(23(4,5)6)20(34)14-13-15(25)19(18(27)17(14)26)30(11-9-28)12-10-29/h13H,7-12H2,1-6H3,(H,32,33)(H,35,36)/t24-/m0/s1. The quantitative estimate of drug-likeness (QED) is 0.170. The minimum absolute atomic E-state index is 0.250. The molecular formula is C24H33F3I2N2O5. The molecule has 36 heavy (non-hydrogen) atoms. The van der Waals surface area contributed by atoms with Crippen LogP contribution in [0.4, 0.5) is 18.9 Å². The molecule has 1 aromatic rings. The highest BCUT2D eigenvalue weighted by Gasteiger charge is 2.58. The van der Waals surface area contributed by atoms with E-state index in [0.717, 1.165) is 4.90 Å². The van der Waals surface area contributed by atoms with Crippen molar-refractivity contribution in [1.82, 2.24) is 4.90 Å². The Labute approximate surface area is 237 Å². The molecule has 12 heteroatoms. The van der Waals surface area contributed by atoms with Crippen molar-refractivity contribution in [2.75, 3.05) is 26.8 Å². The number of nitrogens with zero attached hydrogens (tertiary/aromatic N) is 2. The Bertz CT molecular complexity index is 989. The fourth-order valence-corrected chi connectivity index (χ4v) is 5.54. The van der Waals surface area contributed by atoms with E-state index in [0.29, 0.717) is 14.9 Å². The van der Waals surface area contributed by atoms with Crippen molar-refractivity contribution in [1.29, 1.82) is 0 Å². The third-order valence-corrected chi connectivity index (χ3v) is 6.91. The third kappa shape index (κ3) is 6.76. The van der Waals surface area contributed by atoms with Gasteiger partial charge in [0.05, 0.1) is 5.56 Å². The third-order valence-electron chi connectivity index (χ3n) is 5.94. The number of hydrogen-bond acceptors (Lipinski definition) is 4. The van der Waals surface area contributed by atoms with Crippen molar-refractivity contribution in [2.24, 2.45) is 5.41 Å². The van der Waals surface area contributed by atoms with Gasteiger partial charge in [0.25, 0.3) is 5.91 Å². The van der Waals surface area contributed by atoms with Gasteiger partial charge in [0.15, 0.2) is 17.5 Å². The van der Waals surface area contributed by atoms with Gasteiger partial charge in [-0.1, -0.05) is 66.0 Å². The summed E-state index contributed by atoms with van der Waals surface area (Å²) in [5, 5.41) is 19.7. The lowest BCUT2D eigenvalue weighted by molar-refractivity contribution is -0.164. The highest BCUT2D eigenvalue weighted by molar-refractivity contribution is 14.1. The van der Waals surface area contributed by atoms with Crippen LogP contribution in [-0.2, 0) is 9.59 Å². The summed E-state index contributed by atoms with van der Waals surface area (Å²) in [6, 6.07) is 0.592. The van der Waals surface area contributed by atoms with E-state index < -0.39 is 75.9 Å². The molecule has 1 atom stereocenters. The first-order valence-electron chi connectivity index (χ1n) is 11.2. The van der Waals surface area contributed by atoms with Gasteiger partial charge in [-0.3, -0.25) is 9.59 Å². The molecule has 1 amide bonds. The van der Waals surface area contributed by atoms with Crippen LogP contribution >= 0.6 is 45.2 Å². The van der Waals surface area contributed by atoms with Crippen molar-refractivity contribution in [2.45, 2.75) is 65.5 Å². The largest absolute Gasteiger partial charge is 0.481 e. The van der Waals surface area contributed by atoms with Crippen molar-refractivity contribution >= 4 is 68.7 Å². The SMILES string of the molecule is CC(C)(C)N(C(=O)c1cc(F)c(N(CCI)CCI)c(F)c1F)[C@@](CCC(=O)O)(C(=O)O)C(C)(C)C. The Balaban J connectivity index is 3.93. The van der Waals surface area contributed by atoms with Gasteiger partial charge < -0.3 is 20.0 Å². The molecule has 7 nitrogen and oxygen atoms in total. The van der Waals surface area contributed by atoms with Crippen LogP contribution < -0.4 is 4.90 Å². The number of carboxylic acids is 2. The second-order valence-corrected chi connectivity index (χ2v) is 12.5. The number of halogens is 5. The number of amides is 1. The summed E-state index contributed by atoms with van der Waals surface area (Å²) in [6.07, 6.45) is -1.11. The molecule has 0 aromatic heterocycles. The van der Waals surface area contributed by atoms with E-state index >= 15 is 13.2 Å². The molecule has 0 aliphatic rings. The maximum Gasteiger partial charge on any atom is 0.330 e. The molecule has 1 aromatic carbocycles. The van der Waals surface area contributed by atoms with Crippen LogP contribution in [0.2, 0.25) is 0 Å². The Kier molecular flexibility index (Phi) is 11.3. The molecule has 1 rings (SSSR count). The lowest BCUT2D eigenvalue weighted by Gasteiger charge is -2.54. The lowest BCUT2D eigenvalue weighted by atomic mass is 9.67. The number of hydrogen-bond donors (Lipinski definition) is 2. The predicted molar refractivity (Wildman–Crippen MR) is 149 cm³/mol. The maximum atomic E-state index is 15.4. The Morgan fingerprint density at radius 2 is 1.42 bits per heavy atom. The molecule has 0 aliphatic heterocycles. The summed E-state index contributed by atoms with van der Waals surface area (Å²) in [5.41, 5.74) is -6.24. The molecule has 0 radical (unpaired) electrons. The molecule has 0 heterocycles. The van der Waals surface area contributed by atoms with Gasteiger partial charge in [-0.05, 0) is 38.7 Å². The van der Waals surface area contributed by atoms with E-state index in [1.807, 2.05) is 45.2 Å². The molecule has 0 bridgehead atoms. The van der Waals surface area contributed by atoms with Gasteiger partial charge in [0, 0.05) is 33.9 Å². The number of carbonyl (C=O) groups is 3. The number of carboxylic acid groups (broad SMARTS) is 2. The van der Waals surface area contributed by atoms with Gasteiger partial charge in [-0.2, -0.15) is 0 Å². The van der Waals surface area contributed by atoms with E-state index in [1.54, 1.807) is 0 Å². The number of alkyl halides is 2. The van der Waals surface area contributed by atoms with Crippen LogP contribution in [0.1, 0.15) is 64.7 Å². The summed E-state index contributed by atoms with van der Waals surface area (Å²) in [5.74, 6) is -8.32. The summed E-state index contributed by atoms with van der Waals surface area (Å²) in [4.78, 5) is 40.2. The average molecular weight is 740 g/mol. The molecule has 0 fully saturated rings. The average Bonchev–Trinajstić information content (AvgIpc) is 2.71. The van der Waals surface area contributed by atoms with Crippen molar-refractivity contribution in [3.63, 3.8) is 0 Å². The van der Waals surface area contributed by atoms with Crippen molar-refractivity contribution in [3.05, 3.63) is 29.1 Å². The van der Waals surface area contributed by atoms with Gasteiger partial charge in [-0.25, -0.2) is 18.0 Å². The molecule has 0 unspecified atom stereocenters. The zero-order valence-corrected chi connectivity index (χ0v) is 25.5. The van der Waals surface area contributed by atoms with Crippen LogP contribution in [0, 0.1) is 22.9 Å². The first-order chi connectivity index (χ1) is 16.4. The number of benzene rings is 1. The van der Waals surface area contributed by atoms with Gasteiger partial charge in [-0.15, -0.1) is 0 Å². The highest BCUT2D eigenvalue weighted by atomic mass is 127. The summed E-state index contributed by atoms with van der Waals surface area (Å²) >= 11 is 4.06. The Morgan fingerprint density at radius 1 is 0.917 bits per heavy atom. The molecule has 2 N–H and O–H groups in total. The van der Waals surface area contributed by atoms with Crippen molar-refractivity contribution in [3.8, 4) is 0 Å². The Morgan fingerprint density at radius 3 is 1.78 bits per heavy atom. The summed E-state index contributed by atoms with van der Waals surface area (Å²) in [6.45, 7) is 9.54. The van der Waals surface area contributed by atoms with E-state index in [9.17, 15) is 24.6 Å². The zero-order chi connectivity index (χ0) is 28.2. The van der Waals surface area contributed by atoms with E-state index in [1.165, 1.54) is 46.4 Å². The fourth-order valence-electron chi connectivity index (χ4n) is 4.37. The van der Waals surface area contributed by atoms with E-state index in [2.05, 4.69) is 0 Å². The van der Waals surface area contributed by atoms with Gasteiger partial charge in [0.1, 0.15) is 11.2 Å². The molecule has 0 saturated heterocycles. The van der Waals surface area contributed by atoms with E-state index in [-0.39, 0.29) is 13.1 Å². The van der Waals surface area contributed by atoms with Crippen LogP contribution in [-0.4, -0.2) is 66.0 Å². The second kappa shape index (κ2) is 12.5. The lowest BCUT2D eigenvalue weighted by Crippen LogP contribution is -2.69. The van der Waals surface area contributed by atoms with Gasteiger partial charge >= 0.3 is 11.9 Å². The topological polar surface area (TPSA) is 98.2 Å². The van der Waals surface area contributed by atoms with Crippen LogP contribution in [0.15, 0.2) is 6.07 Å². The van der Waals surface area contributed by atoms with Gasteiger partial charge in [0.2, 0.25) is 0 Å². The minimum atomic E-state index is -2.15. The van der Waals surface area contributed by atoms with E-state index in [4.69, 9.17) is 0 Å². The first kappa shape index (κ1) is 32.7. The van der Waals surface area contributed by atoms with Crippen LogP contribution in [0.3, 0.4) is 0 Å². The zero-order valence-electron chi connectivity index (χ0n) is 21.2. The molecule has 0 saturated carbocycles. The molecular weight excluding hydrogens is 707 g/mol.